The predicted molar refractivity (Wildman–Crippen MR) is 78.5 cm³/mol. The molecule has 0 saturated heterocycles. The molecule has 0 aliphatic rings. The first-order chi connectivity index (χ1) is 9.21. The topological polar surface area (TPSA) is 29.5 Å². The highest BCUT2D eigenvalue weighted by Gasteiger charge is 2.12. The third-order valence-electron chi connectivity index (χ3n) is 3.03. The van der Waals surface area contributed by atoms with E-state index in [1.165, 1.54) is 5.56 Å². The summed E-state index contributed by atoms with van der Waals surface area (Å²) in [6, 6.07) is 7.93. The first-order valence-electron chi connectivity index (χ1n) is 7.20. The smallest absolute Gasteiger partial charge is 0.260 e. The molecule has 0 aliphatic heterocycles. The van der Waals surface area contributed by atoms with Crippen LogP contribution in [-0.4, -0.2) is 30.5 Å². The van der Waals surface area contributed by atoms with E-state index in [4.69, 9.17) is 4.74 Å². The van der Waals surface area contributed by atoms with Crippen LogP contribution in [0, 0.1) is 0 Å². The van der Waals surface area contributed by atoms with E-state index < -0.39 is 0 Å². The lowest BCUT2D eigenvalue weighted by Crippen LogP contribution is -2.36. The predicted octanol–water partition coefficient (Wildman–Crippen LogP) is 3.28. The SMILES string of the molecule is CCCN(CCC)C(=O)COc1ccc(CC)cc1. The highest BCUT2D eigenvalue weighted by Crippen LogP contribution is 2.12. The molecule has 0 bridgehead atoms. The van der Waals surface area contributed by atoms with E-state index in [1.54, 1.807) is 0 Å². The molecular formula is C16H25NO2. The molecule has 0 spiro atoms. The summed E-state index contributed by atoms with van der Waals surface area (Å²) in [7, 11) is 0. The lowest BCUT2D eigenvalue weighted by atomic mass is 10.2. The van der Waals surface area contributed by atoms with Gasteiger partial charge in [-0.05, 0) is 37.0 Å². The van der Waals surface area contributed by atoms with E-state index in [9.17, 15) is 4.79 Å². The van der Waals surface area contributed by atoms with Crippen molar-refractivity contribution < 1.29 is 9.53 Å². The molecule has 1 rings (SSSR count). The molecular weight excluding hydrogens is 238 g/mol. The Balaban J connectivity index is 2.46. The highest BCUT2D eigenvalue weighted by atomic mass is 16.5. The number of hydrogen-bond donors (Lipinski definition) is 0. The molecule has 0 saturated carbocycles. The van der Waals surface area contributed by atoms with Crippen LogP contribution in [0.2, 0.25) is 0 Å². The van der Waals surface area contributed by atoms with Gasteiger partial charge in [-0.25, -0.2) is 0 Å². The number of carbonyl (C=O) groups is 1. The van der Waals surface area contributed by atoms with Crippen LogP contribution in [0.5, 0.6) is 5.75 Å². The van der Waals surface area contributed by atoms with Crippen LogP contribution in [0.3, 0.4) is 0 Å². The average molecular weight is 263 g/mol. The Hall–Kier alpha value is -1.51. The zero-order valence-corrected chi connectivity index (χ0v) is 12.3. The quantitative estimate of drug-likeness (QED) is 0.720. The van der Waals surface area contributed by atoms with Crippen molar-refractivity contribution in [1.29, 1.82) is 0 Å². The van der Waals surface area contributed by atoms with Crippen LogP contribution in [0.4, 0.5) is 0 Å². The molecule has 1 aromatic carbocycles. The molecule has 0 aliphatic carbocycles. The van der Waals surface area contributed by atoms with Crippen molar-refractivity contribution in [2.75, 3.05) is 19.7 Å². The second-order valence-electron chi connectivity index (χ2n) is 4.67. The van der Waals surface area contributed by atoms with E-state index in [1.807, 2.05) is 29.2 Å². The Bertz CT molecular complexity index is 367. The molecule has 3 nitrogen and oxygen atoms in total. The van der Waals surface area contributed by atoms with Crippen LogP contribution in [0.15, 0.2) is 24.3 Å². The molecule has 0 fully saturated rings. The number of amides is 1. The second kappa shape index (κ2) is 8.57. The summed E-state index contributed by atoms with van der Waals surface area (Å²) in [5, 5.41) is 0. The molecule has 1 aromatic rings. The summed E-state index contributed by atoms with van der Waals surface area (Å²) in [6.07, 6.45) is 2.98. The van der Waals surface area contributed by atoms with E-state index >= 15 is 0 Å². The summed E-state index contributed by atoms with van der Waals surface area (Å²) in [5.41, 5.74) is 1.28. The summed E-state index contributed by atoms with van der Waals surface area (Å²) >= 11 is 0. The molecule has 0 atom stereocenters. The molecule has 0 radical (unpaired) electrons. The molecule has 0 unspecified atom stereocenters. The Kier molecular flexibility index (Phi) is 7.01. The van der Waals surface area contributed by atoms with Crippen LogP contribution in [0.25, 0.3) is 0 Å². The highest BCUT2D eigenvalue weighted by molar-refractivity contribution is 5.77. The van der Waals surface area contributed by atoms with Crippen LogP contribution in [-0.2, 0) is 11.2 Å². The fraction of sp³-hybridized carbons (Fsp3) is 0.562. The van der Waals surface area contributed by atoms with E-state index in [-0.39, 0.29) is 12.5 Å². The zero-order chi connectivity index (χ0) is 14.1. The molecule has 0 heterocycles. The van der Waals surface area contributed by atoms with Crippen molar-refractivity contribution in [3.8, 4) is 5.75 Å². The van der Waals surface area contributed by atoms with E-state index in [2.05, 4.69) is 20.8 Å². The summed E-state index contributed by atoms with van der Waals surface area (Å²) in [5.74, 6) is 0.835. The van der Waals surface area contributed by atoms with Crippen molar-refractivity contribution in [2.45, 2.75) is 40.0 Å². The largest absolute Gasteiger partial charge is 0.484 e. The summed E-state index contributed by atoms with van der Waals surface area (Å²) < 4.78 is 5.55. The minimum atomic E-state index is 0.0725. The number of rotatable bonds is 8. The lowest BCUT2D eigenvalue weighted by Gasteiger charge is -2.21. The minimum absolute atomic E-state index is 0.0725. The summed E-state index contributed by atoms with van der Waals surface area (Å²) in [6.45, 7) is 8.04. The van der Waals surface area contributed by atoms with Gasteiger partial charge in [-0.1, -0.05) is 32.9 Å². The van der Waals surface area contributed by atoms with Crippen LogP contribution >= 0.6 is 0 Å². The van der Waals surface area contributed by atoms with Gasteiger partial charge in [0.15, 0.2) is 6.61 Å². The molecule has 19 heavy (non-hydrogen) atoms. The number of nitrogens with zero attached hydrogens (tertiary/aromatic N) is 1. The molecule has 1 amide bonds. The van der Waals surface area contributed by atoms with Crippen molar-refractivity contribution in [1.82, 2.24) is 4.90 Å². The third kappa shape index (κ3) is 5.33. The van der Waals surface area contributed by atoms with E-state index in [0.717, 1.165) is 38.1 Å². The number of ether oxygens (including phenoxy) is 1. The van der Waals surface area contributed by atoms with Gasteiger partial charge in [0.05, 0.1) is 0 Å². The number of hydrogen-bond acceptors (Lipinski definition) is 2. The van der Waals surface area contributed by atoms with Gasteiger partial charge in [0.1, 0.15) is 5.75 Å². The Labute approximate surface area is 116 Å². The van der Waals surface area contributed by atoms with Crippen molar-refractivity contribution in [2.24, 2.45) is 0 Å². The Morgan fingerprint density at radius 2 is 1.63 bits per heavy atom. The van der Waals surface area contributed by atoms with Gasteiger partial charge >= 0.3 is 0 Å². The molecule has 0 aromatic heterocycles. The van der Waals surface area contributed by atoms with Gasteiger partial charge in [0, 0.05) is 13.1 Å². The number of benzene rings is 1. The van der Waals surface area contributed by atoms with Gasteiger partial charge < -0.3 is 9.64 Å². The summed E-state index contributed by atoms with van der Waals surface area (Å²) in [4.78, 5) is 13.9. The second-order valence-corrected chi connectivity index (χ2v) is 4.67. The first-order valence-corrected chi connectivity index (χ1v) is 7.20. The molecule has 106 valence electrons. The number of aryl methyl sites for hydroxylation is 1. The fourth-order valence-corrected chi connectivity index (χ4v) is 1.96. The van der Waals surface area contributed by atoms with Gasteiger partial charge in [-0.2, -0.15) is 0 Å². The van der Waals surface area contributed by atoms with Gasteiger partial charge in [-0.15, -0.1) is 0 Å². The molecule has 0 N–H and O–H groups in total. The maximum atomic E-state index is 12.0. The van der Waals surface area contributed by atoms with Crippen molar-refractivity contribution in [3.05, 3.63) is 29.8 Å². The number of carbonyl (C=O) groups excluding carboxylic acids is 1. The Morgan fingerprint density at radius 3 is 2.11 bits per heavy atom. The maximum absolute atomic E-state index is 12.0. The fourth-order valence-electron chi connectivity index (χ4n) is 1.96. The molecule has 3 heteroatoms. The minimum Gasteiger partial charge on any atom is -0.484 e. The average Bonchev–Trinajstić information content (AvgIpc) is 2.45. The lowest BCUT2D eigenvalue weighted by molar-refractivity contribution is -0.133. The van der Waals surface area contributed by atoms with Gasteiger partial charge in [0.25, 0.3) is 5.91 Å². The third-order valence-corrected chi connectivity index (χ3v) is 3.03. The van der Waals surface area contributed by atoms with Gasteiger partial charge in [0.2, 0.25) is 0 Å². The maximum Gasteiger partial charge on any atom is 0.260 e. The van der Waals surface area contributed by atoms with Gasteiger partial charge in [-0.3, -0.25) is 4.79 Å². The van der Waals surface area contributed by atoms with Crippen molar-refractivity contribution in [3.63, 3.8) is 0 Å². The van der Waals surface area contributed by atoms with Crippen molar-refractivity contribution >= 4 is 5.91 Å². The van der Waals surface area contributed by atoms with Crippen LogP contribution < -0.4 is 4.74 Å². The zero-order valence-electron chi connectivity index (χ0n) is 12.3. The normalized spacial score (nSPS) is 10.3. The first kappa shape index (κ1) is 15.5. The van der Waals surface area contributed by atoms with Crippen LogP contribution in [0.1, 0.15) is 39.2 Å². The standard InChI is InChI=1S/C16H25NO2/c1-4-11-17(12-5-2)16(18)13-19-15-9-7-14(6-3)8-10-15/h7-10H,4-6,11-13H2,1-3H3. The monoisotopic (exact) mass is 263 g/mol. The van der Waals surface area contributed by atoms with E-state index in [0.29, 0.717) is 0 Å². The Morgan fingerprint density at radius 1 is 1.05 bits per heavy atom.